The average molecular weight is 531 g/mol. The van der Waals surface area contributed by atoms with Gasteiger partial charge in [-0.05, 0) is 62.5 Å². The normalized spacial score (nSPS) is 21.8. The number of nitrogens with one attached hydrogen (secondary N) is 1. The Balaban J connectivity index is 1.62. The van der Waals surface area contributed by atoms with Crippen LogP contribution in [0.5, 0.6) is 5.75 Å². The summed E-state index contributed by atoms with van der Waals surface area (Å²) < 4.78 is 83.0. The van der Waals surface area contributed by atoms with E-state index >= 15 is 0 Å². The molecule has 198 valence electrons. The summed E-state index contributed by atoms with van der Waals surface area (Å²) in [6.45, 7) is 7.65. The van der Waals surface area contributed by atoms with Crippen LogP contribution in [0.1, 0.15) is 44.4 Å². The number of ether oxygens (including phenoxy) is 1. The van der Waals surface area contributed by atoms with Crippen molar-refractivity contribution in [3.05, 3.63) is 89.0 Å². The molecule has 38 heavy (non-hydrogen) atoms. The molecule has 0 radical (unpaired) electrons. The Morgan fingerprint density at radius 1 is 0.816 bits per heavy atom. The monoisotopic (exact) mass is 531 g/mol. The Morgan fingerprint density at radius 2 is 1.34 bits per heavy atom. The summed E-state index contributed by atoms with van der Waals surface area (Å²) in [5.74, 6) is -3.56. The number of carbonyl (C=O) groups is 1. The van der Waals surface area contributed by atoms with Crippen LogP contribution in [-0.4, -0.2) is 30.6 Å². The van der Waals surface area contributed by atoms with E-state index in [1.807, 2.05) is 27.7 Å². The molecule has 3 aromatic rings. The van der Waals surface area contributed by atoms with Crippen LogP contribution in [0.15, 0.2) is 60.7 Å². The Hall–Kier alpha value is -3.44. The largest absolute Gasteiger partial charge is 0.573 e. The first-order valence-electron chi connectivity index (χ1n) is 11.8. The Labute approximate surface area is 216 Å². The maximum Gasteiger partial charge on any atom is 0.573 e. The first-order chi connectivity index (χ1) is 17.7. The summed E-state index contributed by atoms with van der Waals surface area (Å²) in [4.78, 5) is 13.6. The van der Waals surface area contributed by atoms with Gasteiger partial charge in [0.2, 0.25) is 5.91 Å². The number of rotatable bonds is 4. The van der Waals surface area contributed by atoms with Crippen molar-refractivity contribution in [1.82, 2.24) is 0 Å². The summed E-state index contributed by atoms with van der Waals surface area (Å²) in [6, 6.07) is 13.6. The minimum absolute atomic E-state index is 0.120. The van der Waals surface area contributed by atoms with Gasteiger partial charge >= 0.3 is 13.5 Å². The maximum absolute atomic E-state index is 14.7. The summed E-state index contributed by atoms with van der Waals surface area (Å²) in [6.07, 6.45) is -4.90. The lowest BCUT2D eigenvalue weighted by Crippen LogP contribution is -2.41. The number of benzene rings is 3. The van der Waals surface area contributed by atoms with E-state index in [2.05, 4.69) is 10.1 Å². The third kappa shape index (κ3) is 4.04. The fourth-order valence-electron chi connectivity index (χ4n) is 4.83. The van der Waals surface area contributed by atoms with Gasteiger partial charge in [-0.2, -0.15) is 0 Å². The molecule has 1 N–H and O–H groups in total. The second-order valence-electron chi connectivity index (χ2n) is 10.3. The predicted molar refractivity (Wildman–Crippen MR) is 130 cm³/mol. The summed E-state index contributed by atoms with van der Waals surface area (Å²) >= 11 is 0. The minimum Gasteiger partial charge on any atom is -0.406 e. The number of carbonyl (C=O) groups excluding carboxylic acids is 1. The molecule has 2 aliphatic rings. The third-order valence-corrected chi connectivity index (χ3v) is 7.47. The van der Waals surface area contributed by atoms with Crippen LogP contribution in [0.4, 0.5) is 27.6 Å². The van der Waals surface area contributed by atoms with Crippen LogP contribution in [0, 0.1) is 11.6 Å². The van der Waals surface area contributed by atoms with E-state index in [1.165, 1.54) is 18.2 Å². The molecular weight excluding hydrogens is 508 g/mol. The van der Waals surface area contributed by atoms with Gasteiger partial charge in [-0.25, -0.2) is 8.78 Å². The van der Waals surface area contributed by atoms with E-state index in [4.69, 9.17) is 9.31 Å². The smallest absolute Gasteiger partial charge is 0.406 e. The lowest BCUT2D eigenvalue weighted by Gasteiger charge is -2.32. The molecule has 1 atom stereocenters. The highest BCUT2D eigenvalue weighted by atomic mass is 19.4. The van der Waals surface area contributed by atoms with E-state index in [0.29, 0.717) is 11.0 Å². The topological polar surface area (TPSA) is 56.8 Å². The van der Waals surface area contributed by atoms with Crippen LogP contribution in [0.2, 0.25) is 0 Å². The Kier molecular flexibility index (Phi) is 5.88. The van der Waals surface area contributed by atoms with Crippen molar-refractivity contribution in [1.29, 1.82) is 0 Å². The van der Waals surface area contributed by atoms with Crippen LogP contribution in [0.25, 0.3) is 0 Å². The quantitative estimate of drug-likeness (QED) is 0.360. The molecule has 5 nitrogen and oxygen atoms in total. The molecule has 1 amide bonds. The highest BCUT2D eigenvalue weighted by Crippen LogP contribution is 2.49. The van der Waals surface area contributed by atoms with Crippen LogP contribution in [0.3, 0.4) is 0 Å². The number of anilines is 1. The summed E-state index contributed by atoms with van der Waals surface area (Å²) in [5.41, 5.74) is -1.78. The average Bonchev–Trinajstić information content (AvgIpc) is 3.25. The van der Waals surface area contributed by atoms with Gasteiger partial charge in [-0.1, -0.05) is 42.5 Å². The van der Waals surface area contributed by atoms with E-state index in [1.54, 1.807) is 24.3 Å². The number of halogens is 5. The van der Waals surface area contributed by atoms with Crippen molar-refractivity contribution in [2.24, 2.45) is 0 Å². The molecule has 2 aliphatic heterocycles. The van der Waals surface area contributed by atoms with Gasteiger partial charge in [0.25, 0.3) is 0 Å². The first-order valence-corrected chi connectivity index (χ1v) is 11.8. The zero-order valence-corrected chi connectivity index (χ0v) is 20.9. The molecule has 3 aromatic carbocycles. The maximum atomic E-state index is 14.7. The zero-order chi connectivity index (χ0) is 27.7. The molecule has 5 rings (SSSR count). The molecule has 0 aromatic heterocycles. The van der Waals surface area contributed by atoms with E-state index in [-0.39, 0.29) is 16.8 Å². The van der Waals surface area contributed by atoms with Gasteiger partial charge in [0, 0.05) is 5.56 Å². The van der Waals surface area contributed by atoms with E-state index < -0.39 is 53.4 Å². The van der Waals surface area contributed by atoms with Gasteiger partial charge in [-0.15, -0.1) is 13.2 Å². The molecule has 0 bridgehead atoms. The lowest BCUT2D eigenvalue weighted by atomic mass is 9.69. The fraction of sp³-hybridized carbons (Fsp3) is 0.296. The fourth-order valence-corrected chi connectivity index (χ4v) is 4.83. The van der Waals surface area contributed by atoms with Gasteiger partial charge in [0.05, 0.1) is 16.9 Å². The van der Waals surface area contributed by atoms with Gasteiger partial charge in [-0.3, -0.25) is 4.79 Å². The number of alkyl halides is 3. The Bertz CT molecular complexity index is 1390. The van der Waals surface area contributed by atoms with Crippen LogP contribution < -0.4 is 15.5 Å². The van der Waals surface area contributed by atoms with Gasteiger partial charge in [0.15, 0.2) is 11.6 Å². The number of hydrogen-bond donors (Lipinski definition) is 1. The van der Waals surface area contributed by atoms with Crippen molar-refractivity contribution >= 4 is 24.2 Å². The summed E-state index contributed by atoms with van der Waals surface area (Å²) in [7, 11) is -0.681. The van der Waals surface area contributed by atoms with Crippen molar-refractivity contribution in [2.45, 2.75) is 50.7 Å². The van der Waals surface area contributed by atoms with E-state index in [9.17, 15) is 26.7 Å². The van der Waals surface area contributed by atoms with Crippen molar-refractivity contribution < 1.29 is 40.8 Å². The first kappa shape index (κ1) is 26.2. The number of hydrogen-bond acceptors (Lipinski definition) is 4. The highest BCUT2D eigenvalue weighted by molar-refractivity contribution is 6.62. The molecule has 11 heteroatoms. The summed E-state index contributed by atoms with van der Waals surface area (Å²) in [5, 5.41) is 2.42. The van der Waals surface area contributed by atoms with Crippen molar-refractivity contribution in [3.63, 3.8) is 0 Å². The third-order valence-electron chi connectivity index (χ3n) is 7.47. The molecule has 1 fully saturated rings. The number of fused-ring (bicyclic) bond motifs is 1. The van der Waals surface area contributed by atoms with Gasteiger partial charge in [0.1, 0.15) is 11.2 Å². The molecule has 0 aliphatic carbocycles. The van der Waals surface area contributed by atoms with Crippen LogP contribution in [-0.2, 0) is 19.5 Å². The molecule has 0 saturated carbocycles. The second-order valence-corrected chi connectivity index (χ2v) is 10.3. The second kappa shape index (κ2) is 8.54. The van der Waals surface area contributed by atoms with Gasteiger partial charge < -0.3 is 19.4 Å². The zero-order valence-electron chi connectivity index (χ0n) is 20.9. The molecular formula is C27H23BF5NO4. The SMILES string of the molecule is CC1(C)OB(c2ccc(C3(c4ccc(OC(F)(F)F)cc4)C(=O)Nc4c3ccc(F)c4F)cc2)OC1(C)C. The molecule has 2 heterocycles. The predicted octanol–water partition coefficient (Wildman–Crippen LogP) is 5.45. The Morgan fingerprint density at radius 3 is 1.87 bits per heavy atom. The minimum atomic E-state index is -4.90. The lowest BCUT2D eigenvalue weighted by molar-refractivity contribution is -0.274. The van der Waals surface area contributed by atoms with E-state index in [0.717, 1.165) is 18.2 Å². The standard InChI is InChI=1S/C27H23BF5NO4/c1-24(2)25(3,4)38-28(37-24)17-9-5-15(6-10-17)26(16-7-11-18(12-8-16)36-27(31,32)33)19-13-14-20(29)21(30)22(19)34-23(26)35/h5-14H,1-4H3,(H,34,35). The van der Waals surface area contributed by atoms with Crippen LogP contribution >= 0.6 is 0 Å². The van der Waals surface area contributed by atoms with Crippen molar-refractivity contribution in [2.75, 3.05) is 5.32 Å². The highest BCUT2D eigenvalue weighted by Gasteiger charge is 2.53. The van der Waals surface area contributed by atoms with Crippen molar-refractivity contribution in [3.8, 4) is 5.75 Å². The molecule has 0 spiro atoms. The molecule has 1 saturated heterocycles. The molecule has 1 unspecified atom stereocenters. The number of amides is 1.